The van der Waals surface area contributed by atoms with Crippen molar-refractivity contribution in [1.29, 1.82) is 0 Å². The van der Waals surface area contributed by atoms with E-state index in [-0.39, 0.29) is 21.7 Å². The summed E-state index contributed by atoms with van der Waals surface area (Å²) >= 11 is 0. The molecule has 1 aliphatic rings. The van der Waals surface area contributed by atoms with E-state index in [2.05, 4.69) is 125 Å². The fourth-order valence-electron chi connectivity index (χ4n) is 5.20. The largest absolute Gasteiger partial charge is 0.442 e. The van der Waals surface area contributed by atoms with E-state index in [1.807, 2.05) is 12.1 Å². The van der Waals surface area contributed by atoms with Gasteiger partial charge in [0.1, 0.15) is 0 Å². The van der Waals surface area contributed by atoms with Gasteiger partial charge in [-0.1, -0.05) is 126 Å². The number of nitrogens with zero attached hydrogens (tertiary/aromatic N) is 2. The number of benzene rings is 3. The van der Waals surface area contributed by atoms with Crippen LogP contribution in [0.3, 0.4) is 0 Å². The first-order chi connectivity index (χ1) is 20.4. The summed E-state index contributed by atoms with van der Waals surface area (Å²) in [5.41, 5.74) is -1.82. The normalized spacial score (nSPS) is 15.8. The molecule has 1 unspecified atom stereocenters. The van der Waals surface area contributed by atoms with Crippen LogP contribution in [0.4, 0.5) is 13.2 Å². The molecule has 1 aliphatic heterocycles. The molecule has 0 aliphatic carbocycles. The molecule has 9 heteroatoms. The number of alkyl halides is 3. The molecule has 0 amide bonds. The van der Waals surface area contributed by atoms with Gasteiger partial charge in [-0.25, -0.2) is 0 Å². The van der Waals surface area contributed by atoms with Gasteiger partial charge in [-0.15, -0.1) is 10.2 Å². The van der Waals surface area contributed by atoms with Crippen molar-refractivity contribution in [2.75, 3.05) is 6.61 Å². The van der Waals surface area contributed by atoms with E-state index < -0.39 is 28.5 Å². The molecule has 1 atom stereocenters. The Labute approximate surface area is 262 Å². The first-order valence-electron chi connectivity index (χ1n) is 15.0. The zero-order chi connectivity index (χ0) is 32.4. The Balaban J connectivity index is 1.64. The van der Waals surface area contributed by atoms with E-state index in [0.29, 0.717) is 18.6 Å². The van der Waals surface area contributed by atoms with Crippen LogP contribution >= 0.6 is 0 Å². The molecule has 4 rings (SSSR count). The van der Waals surface area contributed by atoms with Crippen LogP contribution in [-0.2, 0) is 14.5 Å². The SMILES string of the molecule is CC(C)(C)[Si](C)(C)OC(CC#Cc1ccc(C2(C(F)(F)F)N=N2)cc1)CO[Si](c1ccccc1)(c1ccccc1)C(C)(C)C. The van der Waals surface area contributed by atoms with Crippen molar-refractivity contribution in [2.24, 2.45) is 10.2 Å². The van der Waals surface area contributed by atoms with Gasteiger partial charge in [-0.05, 0) is 45.7 Å². The number of hydrogen-bond donors (Lipinski definition) is 0. The number of hydrogen-bond acceptors (Lipinski definition) is 4. The monoisotopic (exact) mass is 636 g/mol. The van der Waals surface area contributed by atoms with Crippen molar-refractivity contribution in [3.8, 4) is 11.8 Å². The predicted molar refractivity (Wildman–Crippen MR) is 176 cm³/mol. The minimum absolute atomic E-state index is 0.00612. The summed E-state index contributed by atoms with van der Waals surface area (Å²) in [5, 5.41) is 8.77. The third-order valence-electron chi connectivity index (χ3n) is 8.72. The molecular formula is C35H43F3N2O2Si2. The fourth-order valence-corrected chi connectivity index (χ4v) is 11.1. The van der Waals surface area contributed by atoms with E-state index >= 15 is 0 Å². The summed E-state index contributed by atoms with van der Waals surface area (Å²) in [5.74, 6) is 6.37. The summed E-state index contributed by atoms with van der Waals surface area (Å²) in [6, 6.07) is 27.0. The molecule has 234 valence electrons. The van der Waals surface area contributed by atoms with Crippen LogP contribution < -0.4 is 10.4 Å². The number of halogens is 3. The molecule has 0 saturated heterocycles. The summed E-state index contributed by atoms with van der Waals surface area (Å²) in [7, 11) is -4.99. The minimum Gasteiger partial charge on any atom is -0.411 e. The van der Waals surface area contributed by atoms with Gasteiger partial charge in [0.05, 0.1) is 12.7 Å². The fraction of sp³-hybridized carbons (Fsp3) is 0.429. The van der Waals surface area contributed by atoms with Gasteiger partial charge in [-0.3, -0.25) is 0 Å². The van der Waals surface area contributed by atoms with Crippen molar-refractivity contribution in [1.82, 2.24) is 0 Å². The quantitative estimate of drug-likeness (QED) is 0.174. The summed E-state index contributed by atoms with van der Waals surface area (Å²) in [6.07, 6.45) is -4.43. The van der Waals surface area contributed by atoms with Crippen molar-refractivity contribution in [3.63, 3.8) is 0 Å². The van der Waals surface area contributed by atoms with Crippen molar-refractivity contribution in [3.05, 3.63) is 96.1 Å². The Hall–Kier alpha value is -3.04. The van der Waals surface area contributed by atoms with Crippen LogP contribution in [0.25, 0.3) is 0 Å². The van der Waals surface area contributed by atoms with Gasteiger partial charge in [0.25, 0.3) is 8.32 Å². The molecule has 0 radical (unpaired) electrons. The Morgan fingerprint density at radius 2 is 1.25 bits per heavy atom. The topological polar surface area (TPSA) is 43.2 Å². The van der Waals surface area contributed by atoms with Crippen LogP contribution in [0.15, 0.2) is 95.2 Å². The van der Waals surface area contributed by atoms with E-state index in [0.717, 1.165) is 0 Å². The van der Waals surface area contributed by atoms with Gasteiger partial charge < -0.3 is 8.85 Å². The van der Waals surface area contributed by atoms with Crippen molar-refractivity contribution >= 4 is 27.0 Å². The standard InChI is InChI=1S/C35H43F3N2O2Si2/c1-32(2,3)43(7,8)42-29(17-15-16-27-22-24-28(25-23-27)34(39-40-34)35(36,37)38)26-41-44(33(4,5)6,30-18-11-9-12-19-30)31-20-13-10-14-21-31/h9-14,18-25,29H,17,26H2,1-8H3. The molecule has 0 bridgehead atoms. The minimum atomic E-state index is -4.56. The maximum atomic E-state index is 13.4. The van der Waals surface area contributed by atoms with E-state index in [9.17, 15) is 13.2 Å². The van der Waals surface area contributed by atoms with Gasteiger partial charge >= 0.3 is 11.8 Å². The highest BCUT2D eigenvalue weighted by Gasteiger charge is 2.65. The molecule has 1 heterocycles. The smallest absolute Gasteiger partial charge is 0.411 e. The second-order valence-corrected chi connectivity index (χ2v) is 23.0. The van der Waals surface area contributed by atoms with Crippen LogP contribution in [-0.4, -0.2) is 35.5 Å². The van der Waals surface area contributed by atoms with Crippen LogP contribution in [0.1, 0.15) is 59.1 Å². The van der Waals surface area contributed by atoms with Crippen LogP contribution in [0.2, 0.25) is 23.2 Å². The lowest BCUT2D eigenvalue weighted by Gasteiger charge is -2.45. The molecule has 0 spiro atoms. The molecule has 3 aromatic rings. The number of rotatable bonds is 9. The Kier molecular flexibility index (Phi) is 9.54. The maximum absolute atomic E-state index is 13.4. The van der Waals surface area contributed by atoms with Gasteiger partial charge in [0, 0.05) is 17.5 Å². The highest BCUT2D eigenvalue weighted by molar-refractivity contribution is 6.99. The molecule has 0 fully saturated rings. The highest BCUT2D eigenvalue weighted by atomic mass is 28.4. The maximum Gasteiger partial charge on any atom is 0.442 e. The van der Waals surface area contributed by atoms with E-state index in [1.165, 1.54) is 22.5 Å². The lowest BCUT2D eigenvalue weighted by molar-refractivity contribution is -0.166. The molecule has 0 aromatic heterocycles. The average Bonchev–Trinajstić information content (AvgIpc) is 3.76. The van der Waals surface area contributed by atoms with Crippen LogP contribution in [0.5, 0.6) is 0 Å². The summed E-state index contributed by atoms with van der Waals surface area (Å²) in [4.78, 5) is 0. The zero-order valence-electron chi connectivity index (χ0n) is 26.9. The lowest BCUT2D eigenvalue weighted by atomic mass is 10.0. The zero-order valence-corrected chi connectivity index (χ0v) is 28.9. The van der Waals surface area contributed by atoms with Crippen molar-refractivity contribution < 1.29 is 22.0 Å². The van der Waals surface area contributed by atoms with Gasteiger partial charge in [-0.2, -0.15) is 13.2 Å². The third kappa shape index (κ3) is 6.94. The molecule has 0 saturated carbocycles. The lowest BCUT2D eigenvalue weighted by Crippen LogP contribution is -2.67. The molecule has 4 nitrogen and oxygen atoms in total. The Bertz CT molecular complexity index is 1450. The third-order valence-corrected chi connectivity index (χ3v) is 18.3. The first-order valence-corrected chi connectivity index (χ1v) is 19.8. The van der Waals surface area contributed by atoms with E-state index in [1.54, 1.807) is 12.1 Å². The average molecular weight is 637 g/mol. The summed E-state index contributed by atoms with van der Waals surface area (Å²) < 4.78 is 54.3. The van der Waals surface area contributed by atoms with E-state index in [4.69, 9.17) is 8.85 Å². The highest BCUT2D eigenvalue weighted by Crippen LogP contribution is 2.52. The molecular weight excluding hydrogens is 594 g/mol. The van der Waals surface area contributed by atoms with Gasteiger partial charge in [0.15, 0.2) is 8.32 Å². The van der Waals surface area contributed by atoms with Crippen LogP contribution in [0, 0.1) is 11.8 Å². The molecule has 3 aromatic carbocycles. The second kappa shape index (κ2) is 12.4. The Morgan fingerprint density at radius 3 is 1.66 bits per heavy atom. The van der Waals surface area contributed by atoms with Crippen molar-refractivity contribution in [2.45, 2.75) is 89.1 Å². The second-order valence-electron chi connectivity index (χ2n) is 13.9. The molecule has 0 N–H and O–H groups in total. The Morgan fingerprint density at radius 1 is 0.750 bits per heavy atom. The van der Waals surface area contributed by atoms with Gasteiger partial charge in [0.2, 0.25) is 0 Å². The summed E-state index contributed by atoms with van der Waals surface area (Å²) in [6.45, 7) is 18.2. The predicted octanol–water partition coefficient (Wildman–Crippen LogP) is 8.58. The first kappa shape index (κ1) is 33.8. The molecule has 44 heavy (non-hydrogen) atoms.